The van der Waals surface area contributed by atoms with Crippen LogP contribution in [0.4, 0.5) is 0 Å². The van der Waals surface area contributed by atoms with E-state index in [1.54, 1.807) is 0 Å². The van der Waals surface area contributed by atoms with Gasteiger partial charge in [-0.1, -0.05) is 13.8 Å². The van der Waals surface area contributed by atoms with Gasteiger partial charge in [0.1, 0.15) is 11.4 Å². The number of ether oxygens (including phenoxy) is 1. The zero-order valence-corrected chi connectivity index (χ0v) is 8.46. The Morgan fingerprint density at radius 1 is 1.38 bits per heavy atom. The van der Waals surface area contributed by atoms with E-state index in [0.29, 0.717) is 17.8 Å². The van der Waals surface area contributed by atoms with Gasteiger partial charge in [-0.2, -0.15) is 0 Å². The summed E-state index contributed by atoms with van der Waals surface area (Å²) in [6, 6.07) is 0. The summed E-state index contributed by atoms with van der Waals surface area (Å²) in [7, 11) is 0. The molecule has 3 rings (SSSR count). The van der Waals surface area contributed by atoms with E-state index in [2.05, 4.69) is 20.8 Å². The Balaban J connectivity index is 2.09. The van der Waals surface area contributed by atoms with Crippen LogP contribution in [0.1, 0.15) is 33.6 Å². The molecule has 1 saturated heterocycles. The lowest BCUT2D eigenvalue weighted by molar-refractivity contribution is -0.124. The van der Waals surface area contributed by atoms with Gasteiger partial charge in [0.2, 0.25) is 0 Å². The molecule has 0 spiro atoms. The molecule has 4 atom stereocenters. The van der Waals surface area contributed by atoms with Crippen molar-refractivity contribution in [2.75, 3.05) is 0 Å². The maximum atomic E-state index is 11.8. The normalized spacial score (nSPS) is 56.2. The first-order valence-electron chi connectivity index (χ1n) is 5.17. The Morgan fingerprint density at radius 3 is 2.77 bits per heavy atom. The van der Waals surface area contributed by atoms with Gasteiger partial charge in [-0.05, 0) is 24.7 Å². The van der Waals surface area contributed by atoms with Crippen molar-refractivity contribution in [3.8, 4) is 0 Å². The molecule has 0 aromatic carbocycles. The lowest BCUT2D eigenvalue weighted by Crippen LogP contribution is -2.42. The number of ketones is 1. The maximum Gasteiger partial charge on any atom is 0.139 e. The van der Waals surface area contributed by atoms with Crippen LogP contribution in [-0.2, 0) is 9.53 Å². The van der Waals surface area contributed by atoms with E-state index in [1.165, 1.54) is 0 Å². The van der Waals surface area contributed by atoms with Crippen LogP contribution in [0.15, 0.2) is 0 Å². The molecule has 3 aliphatic rings. The molecule has 2 heteroatoms. The molecule has 0 aromatic heterocycles. The number of Topliss-reactive ketones (excluding diaryl/α,β-unsaturated/α-hetero) is 1. The summed E-state index contributed by atoms with van der Waals surface area (Å²) >= 11 is 0. The van der Waals surface area contributed by atoms with Gasteiger partial charge in [-0.15, -0.1) is 0 Å². The molecule has 72 valence electrons. The number of rotatable bonds is 0. The molecular formula is C11H16O2. The number of hydrogen-bond donors (Lipinski definition) is 0. The van der Waals surface area contributed by atoms with E-state index in [4.69, 9.17) is 4.74 Å². The fourth-order valence-electron chi connectivity index (χ4n) is 3.79. The van der Waals surface area contributed by atoms with Crippen LogP contribution in [0.25, 0.3) is 0 Å². The van der Waals surface area contributed by atoms with Crippen molar-refractivity contribution in [2.24, 2.45) is 17.3 Å². The van der Waals surface area contributed by atoms with Crippen LogP contribution >= 0.6 is 0 Å². The van der Waals surface area contributed by atoms with Crippen LogP contribution in [0.5, 0.6) is 0 Å². The highest BCUT2D eigenvalue weighted by atomic mass is 16.6. The van der Waals surface area contributed by atoms with Crippen molar-refractivity contribution >= 4 is 5.78 Å². The molecule has 1 heterocycles. The summed E-state index contributed by atoms with van der Waals surface area (Å²) in [4.78, 5) is 11.8. The van der Waals surface area contributed by atoms with Crippen LogP contribution in [0.3, 0.4) is 0 Å². The van der Waals surface area contributed by atoms with E-state index in [9.17, 15) is 4.79 Å². The second-order valence-corrected chi connectivity index (χ2v) is 5.65. The first-order valence-corrected chi connectivity index (χ1v) is 5.17. The highest BCUT2D eigenvalue weighted by Gasteiger charge is 2.72. The van der Waals surface area contributed by atoms with E-state index in [-0.39, 0.29) is 16.9 Å². The third kappa shape index (κ3) is 0.723. The molecule has 0 unspecified atom stereocenters. The Bertz CT molecular complexity index is 294. The van der Waals surface area contributed by atoms with E-state index < -0.39 is 0 Å². The first kappa shape index (κ1) is 7.98. The zero-order valence-electron chi connectivity index (χ0n) is 8.46. The summed E-state index contributed by atoms with van der Waals surface area (Å²) in [5, 5.41) is 0. The average molecular weight is 180 g/mol. The van der Waals surface area contributed by atoms with E-state index in [1.807, 2.05) is 0 Å². The van der Waals surface area contributed by atoms with Crippen molar-refractivity contribution in [2.45, 2.75) is 45.3 Å². The Kier molecular flexibility index (Phi) is 1.14. The summed E-state index contributed by atoms with van der Waals surface area (Å²) < 4.78 is 5.68. The minimum Gasteiger partial charge on any atom is -0.366 e. The summed E-state index contributed by atoms with van der Waals surface area (Å²) in [6.45, 7) is 6.58. The van der Waals surface area contributed by atoms with E-state index >= 15 is 0 Å². The van der Waals surface area contributed by atoms with Crippen LogP contribution in [-0.4, -0.2) is 17.5 Å². The highest BCUT2D eigenvalue weighted by molar-refractivity contribution is 5.87. The topological polar surface area (TPSA) is 29.6 Å². The molecule has 0 radical (unpaired) electrons. The molecule has 2 aliphatic carbocycles. The molecule has 0 amide bonds. The summed E-state index contributed by atoms with van der Waals surface area (Å²) in [5.74, 6) is 1.19. The van der Waals surface area contributed by atoms with Gasteiger partial charge in [0, 0.05) is 6.42 Å². The lowest BCUT2D eigenvalue weighted by atomic mass is 9.63. The third-order valence-corrected chi connectivity index (χ3v) is 4.62. The van der Waals surface area contributed by atoms with Gasteiger partial charge in [0.25, 0.3) is 0 Å². The van der Waals surface area contributed by atoms with Crippen molar-refractivity contribution in [3.63, 3.8) is 0 Å². The molecule has 2 saturated carbocycles. The molecule has 2 nitrogen and oxygen atoms in total. The van der Waals surface area contributed by atoms with Gasteiger partial charge in [0.05, 0.1) is 12.0 Å². The van der Waals surface area contributed by atoms with Crippen molar-refractivity contribution in [3.05, 3.63) is 0 Å². The molecular weight excluding hydrogens is 164 g/mol. The predicted octanol–water partition coefficient (Wildman–Crippen LogP) is 1.78. The van der Waals surface area contributed by atoms with Gasteiger partial charge < -0.3 is 4.74 Å². The molecule has 13 heavy (non-hydrogen) atoms. The summed E-state index contributed by atoms with van der Waals surface area (Å²) in [5.41, 5.74) is 0.0897. The van der Waals surface area contributed by atoms with Gasteiger partial charge in [-0.3, -0.25) is 4.79 Å². The van der Waals surface area contributed by atoms with Crippen molar-refractivity contribution in [1.29, 1.82) is 0 Å². The standard InChI is InChI=1S/C11H16O2/c1-10(2)6-4-7(12)9(10)11(3)8(5-6)13-11/h6,8-9H,4-5H2,1-3H3/t6-,8+,9-,11+/m1/s1. The third-order valence-electron chi connectivity index (χ3n) is 4.62. The molecule has 1 aliphatic heterocycles. The Hall–Kier alpha value is -0.370. The first-order chi connectivity index (χ1) is 5.96. The van der Waals surface area contributed by atoms with Crippen LogP contribution < -0.4 is 0 Å². The lowest BCUT2D eigenvalue weighted by Gasteiger charge is -2.37. The van der Waals surface area contributed by atoms with Gasteiger partial charge >= 0.3 is 0 Å². The van der Waals surface area contributed by atoms with Crippen LogP contribution in [0, 0.1) is 17.3 Å². The fourth-order valence-corrected chi connectivity index (χ4v) is 3.79. The Morgan fingerprint density at radius 2 is 2.08 bits per heavy atom. The van der Waals surface area contributed by atoms with Gasteiger partial charge in [-0.25, -0.2) is 0 Å². The molecule has 3 fully saturated rings. The number of fused-ring (bicyclic) bond motifs is 4. The second kappa shape index (κ2) is 1.85. The number of epoxide rings is 1. The Labute approximate surface area is 78.6 Å². The monoisotopic (exact) mass is 180 g/mol. The quantitative estimate of drug-likeness (QED) is 0.532. The largest absolute Gasteiger partial charge is 0.366 e. The predicted molar refractivity (Wildman–Crippen MR) is 48.3 cm³/mol. The van der Waals surface area contributed by atoms with Crippen LogP contribution in [0.2, 0.25) is 0 Å². The minimum absolute atomic E-state index is 0.0897. The molecule has 2 bridgehead atoms. The van der Waals surface area contributed by atoms with Crippen molar-refractivity contribution in [1.82, 2.24) is 0 Å². The smallest absolute Gasteiger partial charge is 0.139 e. The average Bonchev–Trinajstić information content (AvgIpc) is 2.53. The fraction of sp³-hybridized carbons (Fsp3) is 0.909. The highest BCUT2D eigenvalue weighted by Crippen LogP contribution is 2.65. The summed E-state index contributed by atoms with van der Waals surface area (Å²) in [6.07, 6.45) is 2.29. The maximum absolute atomic E-state index is 11.8. The van der Waals surface area contributed by atoms with Crippen molar-refractivity contribution < 1.29 is 9.53 Å². The van der Waals surface area contributed by atoms with Gasteiger partial charge in [0.15, 0.2) is 0 Å². The molecule has 0 aromatic rings. The minimum atomic E-state index is -0.0897. The zero-order chi connectivity index (χ0) is 9.43. The SMILES string of the molecule is CC1(C)[C@@H]2CC(=O)[C@H]1[C@@]1(C)O[C@H]1C2. The second-order valence-electron chi connectivity index (χ2n) is 5.65. The number of hydrogen-bond acceptors (Lipinski definition) is 2. The van der Waals surface area contributed by atoms with E-state index in [0.717, 1.165) is 12.8 Å². The number of carbonyl (C=O) groups is 1. The number of carbonyl (C=O) groups excluding carboxylic acids is 1. The molecule has 0 N–H and O–H groups in total.